The molecule has 0 amide bonds. The van der Waals surface area contributed by atoms with Gasteiger partial charge >= 0.3 is 0 Å². The first-order chi connectivity index (χ1) is 8.52. The molecule has 2 rings (SSSR count). The molecule has 1 saturated heterocycles. The van der Waals surface area contributed by atoms with Crippen LogP contribution in [-0.2, 0) is 0 Å². The van der Waals surface area contributed by atoms with Gasteiger partial charge in [0, 0.05) is 25.7 Å². The van der Waals surface area contributed by atoms with Gasteiger partial charge in [-0.15, -0.1) is 0 Å². The second kappa shape index (κ2) is 5.59. The van der Waals surface area contributed by atoms with Crippen LogP contribution in [0.5, 0.6) is 0 Å². The van der Waals surface area contributed by atoms with Crippen molar-refractivity contribution in [3.8, 4) is 6.07 Å². The Kier molecular flexibility index (Phi) is 4.29. The highest BCUT2D eigenvalue weighted by Gasteiger charge is 2.36. The maximum atomic E-state index is 9.34. The first-order valence-electron chi connectivity index (χ1n) is 7.44. The van der Waals surface area contributed by atoms with Crippen LogP contribution in [0.1, 0.15) is 46.5 Å². The number of nitrogens with one attached hydrogen (secondary N) is 1. The summed E-state index contributed by atoms with van der Waals surface area (Å²) >= 11 is 0. The molecule has 1 saturated carbocycles. The number of nitriles is 1. The molecule has 102 valence electrons. The zero-order valence-electron chi connectivity index (χ0n) is 12.1. The van der Waals surface area contributed by atoms with E-state index in [2.05, 4.69) is 30.1 Å². The fourth-order valence-electron chi connectivity index (χ4n) is 3.69. The molecule has 1 aliphatic heterocycles. The zero-order valence-corrected chi connectivity index (χ0v) is 12.1. The Balaban J connectivity index is 1.79. The third-order valence-electron chi connectivity index (χ3n) is 4.58. The minimum atomic E-state index is -0.369. The molecular formula is C15H27N3. The molecule has 0 spiro atoms. The van der Waals surface area contributed by atoms with E-state index in [4.69, 9.17) is 0 Å². The lowest BCUT2D eigenvalue weighted by atomic mass is 9.98. The molecule has 1 heterocycles. The van der Waals surface area contributed by atoms with Crippen LogP contribution >= 0.6 is 0 Å². The van der Waals surface area contributed by atoms with Crippen molar-refractivity contribution >= 4 is 0 Å². The maximum Gasteiger partial charge on any atom is 0.105 e. The van der Waals surface area contributed by atoms with E-state index in [-0.39, 0.29) is 5.54 Å². The van der Waals surface area contributed by atoms with Crippen LogP contribution in [0, 0.1) is 23.2 Å². The predicted molar refractivity (Wildman–Crippen MR) is 74.2 cm³/mol. The molecular weight excluding hydrogens is 222 g/mol. The molecule has 0 aromatic carbocycles. The topological polar surface area (TPSA) is 39.1 Å². The molecule has 0 radical (unpaired) electrons. The van der Waals surface area contributed by atoms with Crippen molar-refractivity contribution in [3.05, 3.63) is 0 Å². The molecule has 3 nitrogen and oxygen atoms in total. The van der Waals surface area contributed by atoms with Crippen molar-refractivity contribution in [3.63, 3.8) is 0 Å². The lowest BCUT2D eigenvalue weighted by Gasteiger charge is -2.28. The molecule has 3 unspecified atom stereocenters. The molecule has 3 heteroatoms. The molecule has 1 N–H and O–H groups in total. The molecule has 1 aliphatic carbocycles. The van der Waals surface area contributed by atoms with E-state index < -0.39 is 0 Å². The van der Waals surface area contributed by atoms with Gasteiger partial charge < -0.3 is 4.90 Å². The Morgan fingerprint density at radius 1 is 1.33 bits per heavy atom. The van der Waals surface area contributed by atoms with E-state index in [0.29, 0.717) is 6.04 Å². The highest BCUT2D eigenvalue weighted by atomic mass is 15.2. The van der Waals surface area contributed by atoms with Gasteiger partial charge in [0.15, 0.2) is 0 Å². The summed E-state index contributed by atoms with van der Waals surface area (Å²) in [5.41, 5.74) is -0.369. The fourth-order valence-corrected chi connectivity index (χ4v) is 3.69. The number of nitrogens with zero attached hydrogens (tertiary/aromatic N) is 2. The number of hydrogen-bond acceptors (Lipinski definition) is 3. The van der Waals surface area contributed by atoms with E-state index in [1.54, 1.807) is 0 Å². The number of rotatable bonds is 5. The van der Waals surface area contributed by atoms with Crippen LogP contribution < -0.4 is 5.32 Å². The second-order valence-corrected chi connectivity index (χ2v) is 6.70. The van der Waals surface area contributed by atoms with Gasteiger partial charge in [0.2, 0.25) is 0 Å². The van der Waals surface area contributed by atoms with Crippen molar-refractivity contribution in [1.29, 1.82) is 5.26 Å². The summed E-state index contributed by atoms with van der Waals surface area (Å²) in [4.78, 5) is 2.58. The van der Waals surface area contributed by atoms with Gasteiger partial charge in [0.1, 0.15) is 5.54 Å². The smallest absolute Gasteiger partial charge is 0.105 e. The van der Waals surface area contributed by atoms with Crippen molar-refractivity contribution in [2.24, 2.45) is 11.8 Å². The van der Waals surface area contributed by atoms with Crippen molar-refractivity contribution in [1.82, 2.24) is 10.2 Å². The van der Waals surface area contributed by atoms with Crippen LogP contribution in [0.3, 0.4) is 0 Å². The maximum absolute atomic E-state index is 9.34. The highest BCUT2D eigenvalue weighted by molar-refractivity contribution is 5.05. The zero-order chi connectivity index (χ0) is 13.2. The summed E-state index contributed by atoms with van der Waals surface area (Å²) in [6, 6.07) is 2.81. The summed E-state index contributed by atoms with van der Waals surface area (Å²) in [6.07, 6.45) is 5.23. The van der Waals surface area contributed by atoms with Gasteiger partial charge in [-0.2, -0.15) is 5.26 Å². The monoisotopic (exact) mass is 249 g/mol. The average molecular weight is 249 g/mol. The molecule has 2 aliphatic rings. The van der Waals surface area contributed by atoms with Crippen LogP contribution in [0.2, 0.25) is 0 Å². The van der Waals surface area contributed by atoms with Crippen LogP contribution in [-0.4, -0.2) is 36.1 Å². The van der Waals surface area contributed by atoms with Crippen molar-refractivity contribution in [2.75, 3.05) is 19.6 Å². The second-order valence-electron chi connectivity index (χ2n) is 6.70. The van der Waals surface area contributed by atoms with Crippen LogP contribution in [0.4, 0.5) is 0 Å². The number of likely N-dealkylation sites (tertiary alicyclic amines) is 1. The van der Waals surface area contributed by atoms with E-state index in [0.717, 1.165) is 24.8 Å². The Labute approximate surface area is 112 Å². The fraction of sp³-hybridized carbons (Fsp3) is 0.933. The summed E-state index contributed by atoms with van der Waals surface area (Å²) in [5.74, 6) is 1.91. The molecule has 18 heavy (non-hydrogen) atoms. The minimum Gasteiger partial charge on any atom is -0.303 e. The largest absolute Gasteiger partial charge is 0.303 e. The average Bonchev–Trinajstić information content (AvgIpc) is 2.85. The van der Waals surface area contributed by atoms with Crippen molar-refractivity contribution in [2.45, 2.75) is 58.0 Å². The third kappa shape index (κ3) is 3.24. The molecule has 0 aromatic heterocycles. The van der Waals surface area contributed by atoms with Gasteiger partial charge in [-0.1, -0.05) is 6.42 Å². The Bertz CT molecular complexity index is 308. The highest BCUT2D eigenvalue weighted by Crippen LogP contribution is 2.37. The van der Waals surface area contributed by atoms with Gasteiger partial charge in [-0.3, -0.25) is 5.32 Å². The van der Waals surface area contributed by atoms with E-state index >= 15 is 0 Å². The number of hydrogen-bond donors (Lipinski definition) is 1. The Morgan fingerprint density at radius 3 is 2.44 bits per heavy atom. The molecule has 2 fully saturated rings. The van der Waals surface area contributed by atoms with E-state index in [1.165, 1.54) is 32.4 Å². The Hall–Kier alpha value is -0.590. The standard InChI is InChI=1S/C15H27N3/c1-12(2)17-15(3,11-16)7-8-18-9-13-5-4-6-14(13)10-18/h12-14,17H,4-10H2,1-3H3. The summed E-state index contributed by atoms with van der Waals surface area (Å²) in [5, 5.41) is 12.7. The molecule has 0 aromatic rings. The first kappa shape index (κ1) is 13.8. The lowest BCUT2D eigenvalue weighted by molar-refractivity contribution is 0.266. The van der Waals surface area contributed by atoms with Gasteiger partial charge in [0.05, 0.1) is 6.07 Å². The van der Waals surface area contributed by atoms with Crippen LogP contribution in [0.25, 0.3) is 0 Å². The predicted octanol–water partition coefficient (Wildman–Crippen LogP) is 2.39. The summed E-state index contributed by atoms with van der Waals surface area (Å²) in [6.45, 7) is 9.86. The SMILES string of the molecule is CC(C)NC(C)(C#N)CCN1CC2CCCC2C1. The van der Waals surface area contributed by atoms with Gasteiger partial charge in [0.25, 0.3) is 0 Å². The summed E-state index contributed by atoms with van der Waals surface area (Å²) in [7, 11) is 0. The third-order valence-corrected chi connectivity index (χ3v) is 4.58. The Morgan fingerprint density at radius 2 is 1.94 bits per heavy atom. The quantitative estimate of drug-likeness (QED) is 0.813. The molecule has 3 atom stereocenters. The van der Waals surface area contributed by atoms with Gasteiger partial charge in [-0.05, 0) is 51.9 Å². The molecule has 0 bridgehead atoms. The number of fused-ring (bicyclic) bond motifs is 1. The summed E-state index contributed by atoms with van der Waals surface area (Å²) < 4.78 is 0. The minimum absolute atomic E-state index is 0.368. The normalized spacial score (nSPS) is 31.3. The lowest BCUT2D eigenvalue weighted by Crippen LogP contribution is -2.47. The van der Waals surface area contributed by atoms with Crippen molar-refractivity contribution < 1.29 is 0 Å². The van der Waals surface area contributed by atoms with Crippen LogP contribution in [0.15, 0.2) is 0 Å². The van der Waals surface area contributed by atoms with E-state index in [9.17, 15) is 5.26 Å². The van der Waals surface area contributed by atoms with Gasteiger partial charge in [-0.25, -0.2) is 0 Å². The van der Waals surface area contributed by atoms with E-state index in [1.807, 2.05) is 6.92 Å². The first-order valence-corrected chi connectivity index (χ1v) is 7.44.